The van der Waals surface area contributed by atoms with Gasteiger partial charge < -0.3 is 40.0 Å². The third kappa shape index (κ3) is 9.62. The van der Waals surface area contributed by atoms with Crippen molar-refractivity contribution in [1.82, 2.24) is 30.6 Å². The van der Waals surface area contributed by atoms with E-state index >= 15 is 0 Å². The highest BCUT2D eigenvalue weighted by molar-refractivity contribution is 7.91. The van der Waals surface area contributed by atoms with E-state index in [0.717, 1.165) is 16.6 Å². The van der Waals surface area contributed by atoms with E-state index in [1.165, 1.54) is 4.90 Å². The molecule has 1 aromatic heterocycles. The van der Waals surface area contributed by atoms with E-state index in [9.17, 15) is 27.6 Å². The second-order valence-corrected chi connectivity index (χ2v) is 19.2. The van der Waals surface area contributed by atoms with Crippen molar-refractivity contribution in [3.8, 4) is 22.9 Å². The van der Waals surface area contributed by atoms with E-state index < -0.39 is 74.3 Å². The van der Waals surface area contributed by atoms with Gasteiger partial charge in [-0.05, 0) is 101 Å². The maximum atomic E-state index is 14.7. The van der Waals surface area contributed by atoms with Gasteiger partial charge in [-0.25, -0.2) is 18.2 Å². The number of amides is 4. The maximum Gasteiger partial charge on any atom is 0.408 e. The van der Waals surface area contributed by atoms with Crippen LogP contribution in [0.2, 0.25) is 0 Å². The molecular weight excluding hydrogens is 791 g/mol. The zero-order valence-electron chi connectivity index (χ0n) is 34.9. The summed E-state index contributed by atoms with van der Waals surface area (Å²) >= 11 is 0. The van der Waals surface area contributed by atoms with Gasteiger partial charge in [0.2, 0.25) is 27.7 Å². The fraction of sp³-hybridized carbons (Fsp3) is 0.512. The lowest BCUT2D eigenvalue weighted by Gasteiger charge is -2.30. The summed E-state index contributed by atoms with van der Waals surface area (Å²) in [5.41, 5.74) is 0.109. The number of hydrogen-bond acceptors (Lipinski definition) is 12. The second-order valence-electron chi connectivity index (χ2n) is 17.2. The minimum atomic E-state index is -3.92. The summed E-state index contributed by atoms with van der Waals surface area (Å²) in [7, 11) is 1.59. The van der Waals surface area contributed by atoms with Crippen LogP contribution in [-0.2, 0) is 29.1 Å². The lowest BCUT2D eigenvalue weighted by atomic mass is 10.1. The van der Waals surface area contributed by atoms with Crippen molar-refractivity contribution in [1.29, 1.82) is 0 Å². The summed E-state index contributed by atoms with van der Waals surface area (Å²) in [5, 5.41) is 9.68. The Morgan fingerprint density at radius 3 is 2.48 bits per heavy atom. The molecule has 0 bridgehead atoms. The molecule has 4 N–H and O–H groups in total. The Morgan fingerprint density at radius 1 is 1.05 bits per heavy atom. The Morgan fingerprint density at radius 2 is 1.80 bits per heavy atom. The van der Waals surface area contributed by atoms with Gasteiger partial charge in [0.1, 0.15) is 35.1 Å². The van der Waals surface area contributed by atoms with Crippen LogP contribution in [0.1, 0.15) is 59.3 Å². The van der Waals surface area contributed by atoms with Crippen molar-refractivity contribution in [2.24, 2.45) is 5.92 Å². The molecular formula is C43H55N7O9S. The van der Waals surface area contributed by atoms with Gasteiger partial charge in [0, 0.05) is 49.6 Å². The molecule has 322 valence electrons. The van der Waals surface area contributed by atoms with Gasteiger partial charge in [0.05, 0.1) is 24.6 Å². The van der Waals surface area contributed by atoms with Crippen LogP contribution in [0.4, 0.5) is 10.5 Å². The van der Waals surface area contributed by atoms with Gasteiger partial charge >= 0.3 is 6.09 Å². The normalized spacial score (nSPS) is 25.4. The van der Waals surface area contributed by atoms with Crippen molar-refractivity contribution in [2.45, 2.75) is 93.9 Å². The van der Waals surface area contributed by atoms with Crippen LogP contribution in [0, 0.1) is 5.92 Å². The molecule has 7 rings (SSSR count). The molecule has 5 atom stereocenters. The third-order valence-corrected chi connectivity index (χ3v) is 13.0. The number of allylic oxidation sites excluding steroid dienone is 1. The molecule has 3 heterocycles. The summed E-state index contributed by atoms with van der Waals surface area (Å²) in [6.45, 7) is 5.64. The smallest absolute Gasteiger partial charge is 0.408 e. The lowest BCUT2D eigenvalue weighted by molar-refractivity contribution is -0.141. The number of fused-ring (bicyclic) bond motifs is 3. The van der Waals surface area contributed by atoms with Crippen molar-refractivity contribution >= 4 is 50.3 Å². The first kappa shape index (κ1) is 42.7. The Balaban J connectivity index is 1.23. The predicted octanol–water partition coefficient (Wildman–Crippen LogP) is 3.64. The van der Waals surface area contributed by atoms with Crippen LogP contribution >= 0.6 is 0 Å². The molecule has 60 heavy (non-hydrogen) atoms. The average molecular weight is 846 g/mol. The van der Waals surface area contributed by atoms with Crippen LogP contribution in [0.5, 0.6) is 11.6 Å². The number of benzene rings is 2. The molecule has 3 aromatic rings. The number of carbonyl (C=O) groups is 4. The second kappa shape index (κ2) is 16.9. The molecule has 4 amide bonds. The van der Waals surface area contributed by atoms with Crippen molar-refractivity contribution < 1.29 is 41.8 Å². The average Bonchev–Trinajstić information content (AvgIpc) is 4.12. The topological polar surface area (TPSA) is 198 Å². The van der Waals surface area contributed by atoms with E-state index in [1.54, 1.807) is 33.9 Å². The van der Waals surface area contributed by atoms with Crippen molar-refractivity contribution in [3.05, 3.63) is 60.7 Å². The molecule has 17 heteroatoms. The van der Waals surface area contributed by atoms with Gasteiger partial charge in [-0.3, -0.25) is 19.1 Å². The minimum Gasteiger partial charge on any atom is -0.497 e. The third-order valence-electron chi connectivity index (χ3n) is 11.2. The largest absolute Gasteiger partial charge is 0.497 e. The molecule has 2 aliphatic carbocycles. The summed E-state index contributed by atoms with van der Waals surface area (Å²) in [4.78, 5) is 64.5. The summed E-state index contributed by atoms with van der Waals surface area (Å²) < 4.78 is 45.8. The molecule has 0 radical (unpaired) electrons. The lowest BCUT2D eigenvalue weighted by Crippen LogP contribution is -2.59. The molecule has 0 spiro atoms. The Hall–Kier alpha value is -5.42. The van der Waals surface area contributed by atoms with Crippen molar-refractivity contribution in [2.75, 3.05) is 45.7 Å². The Labute approximate surface area is 350 Å². The van der Waals surface area contributed by atoms with Gasteiger partial charge in [-0.15, -0.1) is 0 Å². The van der Waals surface area contributed by atoms with Crippen molar-refractivity contribution in [3.63, 3.8) is 0 Å². The number of sulfonamides is 1. The van der Waals surface area contributed by atoms with E-state index in [2.05, 4.69) is 20.7 Å². The first-order valence-corrected chi connectivity index (χ1v) is 22.0. The molecule has 4 aliphatic rings. The number of methoxy groups -OCH3 is 1. The van der Waals surface area contributed by atoms with Gasteiger partial charge in [-0.1, -0.05) is 24.3 Å². The van der Waals surface area contributed by atoms with Crippen LogP contribution in [0.25, 0.3) is 22.0 Å². The van der Waals surface area contributed by atoms with Gasteiger partial charge in [0.25, 0.3) is 5.91 Å². The van der Waals surface area contributed by atoms with Gasteiger partial charge in [-0.2, -0.15) is 0 Å². The molecule has 16 nitrogen and oxygen atoms in total. The number of rotatable bonds is 9. The molecule has 2 aromatic carbocycles. The van der Waals surface area contributed by atoms with Crippen LogP contribution in [0.15, 0.2) is 60.7 Å². The number of anilines is 1. The molecule has 3 fully saturated rings. The zero-order chi connectivity index (χ0) is 43.0. The fourth-order valence-electron chi connectivity index (χ4n) is 7.70. The molecule has 2 saturated carbocycles. The fourth-order valence-corrected chi connectivity index (χ4v) is 9.06. The number of alkyl carbamates (subject to hydrolysis) is 1. The summed E-state index contributed by atoms with van der Waals surface area (Å²) in [6, 6.07) is 13.1. The first-order valence-electron chi connectivity index (χ1n) is 20.4. The number of ether oxygens (including phenoxy) is 3. The first-order chi connectivity index (χ1) is 28.5. The zero-order valence-corrected chi connectivity index (χ0v) is 35.8. The molecule has 1 unspecified atom stereocenters. The highest BCUT2D eigenvalue weighted by Crippen LogP contribution is 2.46. The highest BCUT2D eigenvalue weighted by Gasteiger charge is 2.62. The Kier molecular flexibility index (Phi) is 12.0. The van der Waals surface area contributed by atoms with E-state index in [4.69, 9.17) is 19.2 Å². The van der Waals surface area contributed by atoms with E-state index in [-0.39, 0.29) is 31.8 Å². The maximum absolute atomic E-state index is 14.7. The van der Waals surface area contributed by atoms with Crippen LogP contribution in [-0.4, -0.2) is 118 Å². The summed E-state index contributed by atoms with van der Waals surface area (Å²) in [6.07, 6.45) is 4.59. The molecule has 2 aliphatic heterocycles. The monoisotopic (exact) mass is 845 g/mol. The predicted molar refractivity (Wildman–Crippen MR) is 226 cm³/mol. The number of carbonyl (C=O) groups excluding carboxylic acids is 4. The molecule has 1 saturated heterocycles. The van der Waals surface area contributed by atoms with E-state index in [0.29, 0.717) is 49.1 Å². The number of pyridine rings is 1. The van der Waals surface area contributed by atoms with Gasteiger partial charge in [0.15, 0.2) is 0 Å². The van der Waals surface area contributed by atoms with Crippen LogP contribution < -0.4 is 35.0 Å². The van der Waals surface area contributed by atoms with E-state index in [1.807, 2.05) is 73.6 Å². The number of hydrogen-bond donors (Lipinski definition) is 4. The standard InChI is InChI=1S/C43H55N7O9S/c1-42(2,3)59-41(54)46-35-24-44-19-9-7-8-10-28-23-43(28,40(53)48-60(55,56)32-16-17-32)47-37(51)36-22-31(25-50(36)39(35)52)58-38-33-18-15-30(57-6)20-27(33)21-34(45-38)26-11-13-29(14-12-26)49(4)5/h8,10-15,18,20-21,28,31-32,35-36,44H,7,9,16-17,19,22-25H2,1-6H3,(H,46,54)(H,47,51)(H,48,53)/b10-8-/t28-,31?,35+,36+,43-/m1/s1. The summed E-state index contributed by atoms with van der Waals surface area (Å²) in [5.74, 6) is -1.57. The number of aromatic nitrogens is 1. The minimum absolute atomic E-state index is 0.00379. The Bertz CT molecular complexity index is 2270. The number of nitrogens with zero attached hydrogens (tertiary/aromatic N) is 3. The number of nitrogens with one attached hydrogen (secondary N) is 4. The SMILES string of the molecule is COc1ccc2c(OC3C[C@H]4C(=O)N[C@]5(C(=O)NS(=O)(=O)C6CC6)C[C@H]5/C=C\CCCNC[C@H](NC(=O)OC(C)(C)C)C(=O)N4C3)nc(-c3ccc(N(C)C)cc3)cc2c1. The quantitative estimate of drug-likeness (QED) is 0.229. The highest BCUT2D eigenvalue weighted by atomic mass is 32.2. The van der Waals surface area contributed by atoms with Crippen LogP contribution in [0.3, 0.4) is 0 Å².